The fourth-order valence-electron chi connectivity index (χ4n) is 4.02. The van der Waals surface area contributed by atoms with Gasteiger partial charge in [0.1, 0.15) is 5.84 Å². The van der Waals surface area contributed by atoms with E-state index in [0.717, 1.165) is 28.1 Å². The number of aromatic amines is 1. The summed E-state index contributed by atoms with van der Waals surface area (Å²) in [6.45, 7) is 2.05. The van der Waals surface area contributed by atoms with Gasteiger partial charge in [-0.3, -0.25) is 10.2 Å². The quantitative estimate of drug-likeness (QED) is 0.0972. The van der Waals surface area contributed by atoms with Gasteiger partial charge >= 0.3 is 18.1 Å². The Bertz CT molecular complexity index is 1580. The molecular weight excluding hydrogens is 565 g/mol. The third kappa shape index (κ3) is 9.32. The Kier molecular flexibility index (Phi) is 10.8. The summed E-state index contributed by atoms with van der Waals surface area (Å²) in [5.41, 5.74) is 11.5. The summed E-state index contributed by atoms with van der Waals surface area (Å²) in [7, 11) is 0. The smallest absolute Gasteiger partial charge is 0.475 e. The van der Waals surface area contributed by atoms with Crippen molar-refractivity contribution in [1.29, 1.82) is 5.41 Å². The van der Waals surface area contributed by atoms with Gasteiger partial charge in [-0.05, 0) is 60.4 Å². The summed E-state index contributed by atoms with van der Waals surface area (Å²) < 4.78 is 37.1. The van der Waals surface area contributed by atoms with Gasteiger partial charge in [0.15, 0.2) is 0 Å². The molecule has 0 aliphatic rings. The highest BCUT2D eigenvalue weighted by molar-refractivity contribution is 6.04. The number of hydrogen-bond donors (Lipinski definition) is 5. The highest BCUT2D eigenvalue weighted by Crippen LogP contribution is 2.23. The Morgan fingerprint density at radius 2 is 1.58 bits per heavy atom. The molecule has 0 bridgehead atoms. The van der Waals surface area contributed by atoms with Crippen LogP contribution in [0.5, 0.6) is 0 Å². The summed E-state index contributed by atoms with van der Waals surface area (Å²) in [6, 6.07) is 24.0. The van der Waals surface area contributed by atoms with Gasteiger partial charge in [0.2, 0.25) is 0 Å². The number of esters is 1. The Morgan fingerprint density at radius 3 is 2.16 bits per heavy atom. The minimum Gasteiger partial charge on any atom is -0.475 e. The van der Waals surface area contributed by atoms with Crippen LogP contribution < -0.4 is 11.1 Å². The normalized spacial score (nSPS) is 10.7. The van der Waals surface area contributed by atoms with Crippen LogP contribution in [0.4, 0.5) is 18.9 Å². The van der Waals surface area contributed by atoms with E-state index in [1.165, 1.54) is 0 Å². The first-order valence-corrected chi connectivity index (χ1v) is 12.9. The summed E-state index contributed by atoms with van der Waals surface area (Å²) in [4.78, 5) is 37.5. The van der Waals surface area contributed by atoms with Crippen molar-refractivity contribution in [3.05, 3.63) is 124 Å². The number of carbonyl (C=O) groups is 3. The lowest BCUT2D eigenvalue weighted by Gasteiger charge is -2.09. The Hall–Kier alpha value is -5.39. The number of carboxylic acids is 1. The van der Waals surface area contributed by atoms with E-state index in [1.54, 1.807) is 25.1 Å². The average Bonchev–Trinajstić information content (AvgIpc) is 3.35. The van der Waals surface area contributed by atoms with Gasteiger partial charge in [-0.15, -0.1) is 0 Å². The maximum Gasteiger partial charge on any atom is 0.490 e. The van der Waals surface area contributed by atoms with Gasteiger partial charge in [0.25, 0.3) is 5.91 Å². The molecule has 1 heterocycles. The zero-order chi connectivity index (χ0) is 31.6. The third-order valence-electron chi connectivity index (χ3n) is 6.03. The first-order valence-electron chi connectivity index (χ1n) is 12.9. The molecule has 224 valence electrons. The van der Waals surface area contributed by atoms with Crippen molar-refractivity contribution in [3.63, 3.8) is 0 Å². The number of para-hydroxylation sites is 1. The molecule has 0 unspecified atom stereocenters. The number of halogens is 3. The standard InChI is InChI=1S/C29H28N4O3.C2HF3O2/c1-2-36-29(35)26-23(18-32-25(26)17-20-7-6-8-22(16-20)27(30)31)15-19-11-13-21(14-12-19)28(34)33-24-9-4-3-5-10-24;3-2(4,5)1(6)7/h3-14,16,18,32H,2,15,17H2,1H3,(H3,30,31)(H,33,34);(H,6,7). The van der Waals surface area contributed by atoms with E-state index in [9.17, 15) is 22.8 Å². The van der Waals surface area contributed by atoms with Gasteiger partial charge < -0.3 is 25.9 Å². The van der Waals surface area contributed by atoms with Gasteiger partial charge in [-0.2, -0.15) is 13.2 Å². The SMILES string of the molecule is CCOC(=O)c1c(Cc2ccc(C(=O)Nc3ccccc3)cc2)c[nH]c1Cc1cccc(C(=N)N)c1.O=C(O)C(F)(F)F. The van der Waals surface area contributed by atoms with Crippen LogP contribution in [0.2, 0.25) is 0 Å². The van der Waals surface area contributed by atoms with Crippen molar-refractivity contribution in [2.75, 3.05) is 11.9 Å². The fraction of sp³-hybridized carbons (Fsp3) is 0.161. The molecule has 4 rings (SSSR count). The van der Waals surface area contributed by atoms with E-state index < -0.39 is 12.1 Å². The zero-order valence-electron chi connectivity index (χ0n) is 23.0. The largest absolute Gasteiger partial charge is 0.490 e. The lowest BCUT2D eigenvalue weighted by molar-refractivity contribution is -0.192. The monoisotopic (exact) mass is 594 g/mol. The van der Waals surface area contributed by atoms with Crippen LogP contribution >= 0.6 is 0 Å². The average molecular weight is 595 g/mol. The summed E-state index contributed by atoms with van der Waals surface area (Å²) in [5.74, 6) is -3.33. The number of aromatic nitrogens is 1. The summed E-state index contributed by atoms with van der Waals surface area (Å²) >= 11 is 0. The van der Waals surface area contributed by atoms with Crippen LogP contribution in [0.15, 0.2) is 85.1 Å². The Balaban J connectivity index is 0.000000646. The zero-order valence-corrected chi connectivity index (χ0v) is 23.0. The number of nitrogens with two attached hydrogens (primary N) is 1. The number of hydrogen-bond acceptors (Lipinski definition) is 5. The number of ether oxygens (including phenoxy) is 1. The molecule has 0 spiro atoms. The van der Waals surface area contributed by atoms with Crippen LogP contribution in [-0.4, -0.2) is 46.6 Å². The Labute approximate surface area is 245 Å². The molecule has 0 fully saturated rings. The molecule has 0 aliphatic heterocycles. The van der Waals surface area contributed by atoms with Crippen LogP contribution in [0.25, 0.3) is 0 Å². The number of carbonyl (C=O) groups excluding carboxylic acids is 2. The molecule has 0 saturated heterocycles. The maximum absolute atomic E-state index is 12.9. The molecule has 43 heavy (non-hydrogen) atoms. The van der Waals surface area contributed by atoms with Crippen molar-refractivity contribution in [2.24, 2.45) is 5.73 Å². The van der Waals surface area contributed by atoms with E-state index in [4.69, 9.17) is 25.8 Å². The van der Waals surface area contributed by atoms with Crippen LogP contribution in [0.3, 0.4) is 0 Å². The van der Waals surface area contributed by atoms with Gasteiger partial charge in [-0.1, -0.05) is 48.5 Å². The number of rotatable bonds is 9. The minimum atomic E-state index is -5.08. The molecular formula is C31H29F3N4O5. The first-order chi connectivity index (χ1) is 20.4. The van der Waals surface area contributed by atoms with Crippen molar-refractivity contribution in [1.82, 2.24) is 4.98 Å². The second kappa shape index (κ2) is 14.5. The molecule has 9 nitrogen and oxygen atoms in total. The molecule has 0 saturated carbocycles. The van der Waals surface area contributed by atoms with E-state index in [0.29, 0.717) is 29.5 Å². The number of amidine groups is 1. The second-order valence-corrected chi connectivity index (χ2v) is 9.18. The van der Waals surface area contributed by atoms with Crippen molar-refractivity contribution < 1.29 is 37.4 Å². The topological polar surface area (TPSA) is 158 Å². The molecule has 3 aromatic carbocycles. The number of amides is 1. The van der Waals surface area contributed by atoms with Crippen LogP contribution in [-0.2, 0) is 22.4 Å². The fourth-order valence-corrected chi connectivity index (χ4v) is 4.02. The molecule has 1 aromatic heterocycles. The van der Waals surface area contributed by atoms with E-state index in [-0.39, 0.29) is 24.3 Å². The maximum atomic E-state index is 12.9. The van der Waals surface area contributed by atoms with Crippen LogP contribution in [0, 0.1) is 5.41 Å². The molecule has 6 N–H and O–H groups in total. The number of alkyl halides is 3. The van der Waals surface area contributed by atoms with E-state index in [2.05, 4.69) is 10.3 Å². The number of carboxylic acid groups (broad SMARTS) is 1. The lowest BCUT2D eigenvalue weighted by atomic mass is 9.98. The molecule has 4 aromatic rings. The Morgan fingerprint density at radius 1 is 0.930 bits per heavy atom. The lowest BCUT2D eigenvalue weighted by Crippen LogP contribution is -2.21. The minimum absolute atomic E-state index is 0.00413. The molecule has 0 radical (unpaired) electrons. The molecule has 1 amide bonds. The van der Waals surface area contributed by atoms with Gasteiger partial charge in [0.05, 0.1) is 12.2 Å². The van der Waals surface area contributed by atoms with Gasteiger partial charge in [0, 0.05) is 35.1 Å². The predicted octanol–water partition coefficient (Wildman–Crippen LogP) is 5.54. The van der Waals surface area contributed by atoms with Gasteiger partial charge in [-0.25, -0.2) is 9.59 Å². The second-order valence-electron chi connectivity index (χ2n) is 9.18. The van der Waals surface area contributed by atoms with E-state index >= 15 is 0 Å². The third-order valence-corrected chi connectivity index (χ3v) is 6.03. The number of H-pyrrole nitrogens is 1. The highest BCUT2D eigenvalue weighted by Gasteiger charge is 2.38. The number of nitrogens with one attached hydrogen (secondary N) is 3. The van der Waals surface area contributed by atoms with Crippen molar-refractivity contribution >= 4 is 29.4 Å². The summed E-state index contributed by atoms with van der Waals surface area (Å²) in [6.07, 6.45) is -2.29. The molecule has 12 heteroatoms. The predicted molar refractivity (Wildman–Crippen MR) is 154 cm³/mol. The number of benzene rings is 3. The van der Waals surface area contributed by atoms with Crippen molar-refractivity contribution in [3.8, 4) is 0 Å². The number of aliphatic carboxylic acids is 1. The number of nitrogen functional groups attached to an aromatic ring is 1. The first kappa shape index (κ1) is 32.1. The molecule has 0 atom stereocenters. The van der Waals surface area contributed by atoms with Crippen molar-refractivity contribution in [2.45, 2.75) is 25.9 Å². The summed E-state index contributed by atoms with van der Waals surface area (Å²) in [5, 5.41) is 17.7. The van der Waals surface area contributed by atoms with Crippen LogP contribution in [0.1, 0.15) is 55.6 Å². The number of anilines is 1. The molecule has 0 aliphatic carbocycles. The van der Waals surface area contributed by atoms with E-state index in [1.807, 2.05) is 66.9 Å². The highest BCUT2D eigenvalue weighted by atomic mass is 19.4.